The molecule has 0 unspecified atom stereocenters. The van der Waals surface area contributed by atoms with Crippen molar-refractivity contribution in [1.29, 1.82) is 0 Å². The molecule has 1 atom stereocenters. The van der Waals surface area contributed by atoms with Gasteiger partial charge >= 0.3 is 0 Å². The Labute approximate surface area is 234 Å². The first-order valence-corrected chi connectivity index (χ1v) is 14.4. The first-order chi connectivity index (χ1) is 18.6. The number of hydrogen-bond acceptors (Lipinski definition) is 5. The smallest absolute Gasteiger partial charge is 0.295 e. The number of unbranched alkanes of at least 4 members (excludes halogenated alkanes) is 2. The zero-order valence-corrected chi connectivity index (χ0v) is 24.6. The van der Waals surface area contributed by atoms with E-state index in [1.807, 2.05) is 12.1 Å². The largest absolute Gasteiger partial charge is 0.507 e. The predicted octanol–water partition coefficient (Wildman–Crippen LogP) is 6.71. The SMILES string of the molecule is CCCCN(CCCC)CCCN1C(=O)C(=O)C(=C(O)c2ccc(OC)cc2)[C@H]1c1ccc(C(C)(C)C)cc1. The fraction of sp³-hybridized carbons (Fsp3) is 0.515. The van der Waals surface area contributed by atoms with Crippen LogP contribution in [0.4, 0.5) is 0 Å². The van der Waals surface area contributed by atoms with Gasteiger partial charge in [-0.1, -0.05) is 71.7 Å². The average Bonchev–Trinajstić information content (AvgIpc) is 3.18. The molecule has 3 rings (SSSR count). The van der Waals surface area contributed by atoms with Gasteiger partial charge in [-0.15, -0.1) is 0 Å². The van der Waals surface area contributed by atoms with Gasteiger partial charge < -0.3 is 19.6 Å². The summed E-state index contributed by atoms with van der Waals surface area (Å²) < 4.78 is 5.24. The Hall–Kier alpha value is -3.12. The lowest BCUT2D eigenvalue weighted by Gasteiger charge is -2.28. The molecule has 1 N–H and O–H groups in total. The monoisotopic (exact) mass is 534 g/mol. The van der Waals surface area contributed by atoms with Crippen LogP contribution in [-0.2, 0) is 15.0 Å². The summed E-state index contributed by atoms with van der Waals surface area (Å²) in [5.41, 5.74) is 2.59. The number of rotatable bonds is 13. The zero-order valence-electron chi connectivity index (χ0n) is 24.6. The van der Waals surface area contributed by atoms with E-state index in [9.17, 15) is 14.7 Å². The van der Waals surface area contributed by atoms with Crippen molar-refractivity contribution >= 4 is 17.4 Å². The molecule has 1 fully saturated rings. The molecular formula is C33H46N2O4. The lowest BCUT2D eigenvalue weighted by atomic mass is 9.85. The van der Waals surface area contributed by atoms with Crippen LogP contribution >= 0.6 is 0 Å². The summed E-state index contributed by atoms with van der Waals surface area (Å²) in [5.74, 6) is -0.696. The molecule has 0 spiro atoms. The minimum Gasteiger partial charge on any atom is -0.507 e. The van der Waals surface area contributed by atoms with Gasteiger partial charge in [0.2, 0.25) is 0 Å². The van der Waals surface area contributed by atoms with Crippen LogP contribution in [0.5, 0.6) is 5.75 Å². The summed E-state index contributed by atoms with van der Waals surface area (Å²) in [5, 5.41) is 11.3. The van der Waals surface area contributed by atoms with Crippen molar-refractivity contribution in [3.8, 4) is 5.75 Å². The summed E-state index contributed by atoms with van der Waals surface area (Å²) >= 11 is 0. The Bertz CT molecular complexity index is 1120. The molecule has 1 aliphatic heterocycles. The van der Waals surface area contributed by atoms with E-state index in [0.29, 0.717) is 17.9 Å². The minimum absolute atomic E-state index is 0.0239. The Morgan fingerprint density at radius 1 is 0.897 bits per heavy atom. The third-order valence-electron chi connectivity index (χ3n) is 7.53. The first kappa shape index (κ1) is 30.4. The molecule has 1 amide bonds. The molecule has 6 nitrogen and oxygen atoms in total. The van der Waals surface area contributed by atoms with Crippen molar-refractivity contribution in [2.24, 2.45) is 0 Å². The van der Waals surface area contributed by atoms with Crippen molar-refractivity contribution in [2.45, 2.75) is 78.2 Å². The van der Waals surface area contributed by atoms with Crippen molar-refractivity contribution in [1.82, 2.24) is 9.80 Å². The topological polar surface area (TPSA) is 70.1 Å². The number of nitrogens with zero attached hydrogens (tertiary/aromatic N) is 2. The Morgan fingerprint density at radius 2 is 1.46 bits per heavy atom. The van der Waals surface area contributed by atoms with E-state index in [4.69, 9.17) is 4.74 Å². The molecule has 1 aliphatic rings. The molecule has 39 heavy (non-hydrogen) atoms. The molecule has 0 aromatic heterocycles. The van der Waals surface area contributed by atoms with Crippen LogP contribution in [0.25, 0.3) is 5.76 Å². The van der Waals surface area contributed by atoms with Gasteiger partial charge in [-0.3, -0.25) is 9.59 Å². The number of hydrogen-bond donors (Lipinski definition) is 1. The fourth-order valence-corrected chi connectivity index (χ4v) is 5.09. The van der Waals surface area contributed by atoms with Crippen molar-refractivity contribution in [3.05, 3.63) is 70.8 Å². The Morgan fingerprint density at radius 3 is 1.97 bits per heavy atom. The Kier molecular flexibility index (Phi) is 10.8. The highest BCUT2D eigenvalue weighted by molar-refractivity contribution is 6.46. The number of ether oxygens (including phenoxy) is 1. The number of aliphatic hydroxyl groups is 1. The van der Waals surface area contributed by atoms with Gasteiger partial charge in [0.1, 0.15) is 11.5 Å². The lowest BCUT2D eigenvalue weighted by molar-refractivity contribution is -0.140. The number of aliphatic hydroxyl groups excluding tert-OH is 1. The van der Waals surface area contributed by atoms with Crippen LogP contribution in [0.1, 0.15) is 89.5 Å². The van der Waals surface area contributed by atoms with Crippen LogP contribution in [0.3, 0.4) is 0 Å². The summed E-state index contributed by atoms with van der Waals surface area (Å²) in [6.45, 7) is 14.3. The maximum atomic E-state index is 13.4. The molecule has 0 bridgehead atoms. The summed E-state index contributed by atoms with van der Waals surface area (Å²) in [4.78, 5) is 30.9. The highest BCUT2D eigenvalue weighted by atomic mass is 16.5. The van der Waals surface area contributed by atoms with Gasteiger partial charge in [-0.25, -0.2) is 0 Å². The normalized spacial score (nSPS) is 17.3. The molecule has 0 radical (unpaired) electrons. The van der Waals surface area contributed by atoms with E-state index < -0.39 is 17.7 Å². The van der Waals surface area contributed by atoms with Crippen LogP contribution in [0.2, 0.25) is 0 Å². The summed E-state index contributed by atoms with van der Waals surface area (Å²) in [6.07, 6.45) is 5.35. The van der Waals surface area contributed by atoms with Gasteiger partial charge in [-0.2, -0.15) is 0 Å². The molecule has 212 valence electrons. The summed E-state index contributed by atoms with van der Waals surface area (Å²) in [7, 11) is 1.58. The minimum atomic E-state index is -0.638. The van der Waals surface area contributed by atoms with Crippen molar-refractivity contribution in [2.75, 3.05) is 33.3 Å². The average molecular weight is 535 g/mol. The third kappa shape index (κ3) is 7.51. The van der Waals surface area contributed by atoms with Crippen LogP contribution < -0.4 is 4.74 Å². The molecular weight excluding hydrogens is 488 g/mol. The quantitative estimate of drug-likeness (QED) is 0.176. The molecule has 0 aliphatic carbocycles. The van der Waals surface area contributed by atoms with Crippen LogP contribution in [-0.4, -0.2) is 59.9 Å². The lowest BCUT2D eigenvalue weighted by Crippen LogP contribution is -2.34. The van der Waals surface area contributed by atoms with E-state index in [-0.39, 0.29) is 16.7 Å². The number of Topliss-reactive ketones (excluding diaryl/α,β-unsaturated/α-hetero) is 1. The van der Waals surface area contributed by atoms with E-state index in [2.05, 4.69) is 51.7 Å². The molecule has 1 heterocycles. The van der Waals surface area contributed by atoms with Gasteiger partial charge in [0, 0.05) is 12.1 Å². The second-order valence-corrected chi connectivity index (χ2v) is 11.5. The van der Waals surface area contributed by atoms with E-state index in [1.165, 1.54) is 5.56 Å². The second-order valence-electron chi connectivity index (χ2n) is 11.5. The molecule has 1 saturated heterocycles. The summed E-state index contributed by atoms with van der Waals surface area (Å²) in [6, 6.07) is 14.3. The standard InChI is InChI=1S/C33H46N2O4/c1-7-9-20-34(21-10-8-2)22-11-23-35-29(24-12-16-26(17-13-24)33(3,4)5)28(31(37)32(35)38)30(36)25-14-18-27(39-6)19-15-25/h12-19,29,36H,7-11,20-23H2,1-6H3/t29-/m1/s1. The van der Waals surface area contributed by atoms with Crippen molar-refractivity contribution < 1.29 is 19.4 Å². The fourth-order valence-electron chi connectivity index (χ4n) is 5.09. The number of amides is 1. The van der Waals surface area contributed by atoms with Crippen LogP contribution in [0, 0.1) is 0 Å². The predicted molar refractivity (Wildman–Crippen MR) is 158 cm³/mol. The highest BCUT2D eigenvalue weighted by Crippen LogP contribution is 2.40. The second kappa shape index (κ2) is 13.8. The van der Waals surface area contributed by atoms with Gasteiger partial charge in [-0.05, 0) is 79.7 Å². The molecule has 6 heteroatoms. The number of methoxy groups -OCH3 is 1. The van der Waals surface area contributed by atoms with E-state index >= 15 is 0 Å². The number of ketones is 1. The molecule has 2 aromatic rings. The van der Waals surface area contributed by atoms with Crippen molar-refractivity contribution in [3.63, 3.8) is 0 Å². The maximum absolute atomic E-state index is 13.4. The zero-order chi connectivity index (χ0) is 28.6. The number of likely N-dealkylation sites (tertiary alicyclic amines) is 1. The Balaban J connectivity index is 1.96. The van der Waals surface area contributed by atoms with E-state index in [1.54, 1.807) is 36.3 Å². The van der Waals surface area contributed by atoms with Gasteiger partial charge in [0.25, 0.3) is 11.7 Å². The maximum Gasteiger partial charge on any atom is 0.295 e. The van der Waals surface area contributed by atoms with Gasteiger partial charge in [0.15, 0.2) is 0 Å². The highest BCUT2D eigenvalue weighted by Gasteiger charge is 2.45. The number of carbonyl (C=O) groups is 2. The molecule has 0 saturated carbocycles. The third-order valence-corrected chi connectivity index (χ3v) is 7.53. The number of benzene rings is 2. The van der Waals surface area contributed by atoms with Gasteiger partial charge in [0.05, 0.1) is 18.7 Å². The van der Waals surface area contributed by atoms with E-state index in [0.717, 1.165) is 57.3 Å². The number of carbonyl (C=O) groups excluding carboxylic acids is 2. The van der Waals surface area contributed by atoms with Crippen LogP contribution in [0.15, 0.2) is 54.1 Å². The first-order valence-electron chi connectivity index (χ1n) is 14.4. The molecule has 2 aromatic carbocycles.